The first kappa shape index (κ1) is 10.9. The van der Waals surface area contributed by atoms with Gasteiger partial charge in [0.1, 0.15) is 5.82 Å². The number of aryl methyl sites for hydroxylation is 1. The zero-order chi connectivity index (χ0) is 11.5. The summed E-state index contributed by atoms with van der Waals surface area (Å²) in [5.74, 6) is 1.20. The summed E-state index contributed by atoms with van der Waals surface area (Å²) < 4.78 is 18.2. The normalized spacial score (nSPS) is 10.6. The largest absolute Gasteiger partial charge is 0.399 e. The van der Waals surface area contributed by atoms with E-state index < -0.39 is 0 Å². The number of hydrogen-bond donors (Lipinski definition) is 1. The van der Waals surface area contributed by atoms with Crippen LogP contribution in [0, 0.1) is 12.7 Å². The molecule has 0 spiro atoms. The van der Waals surface area contributed by atoms with Gasteiger partial charge in [-0.25, -0.2) is 4.39 Å². The van der Waals surface area contributed by atoms with Gasteiger partial charge in [0.05, 0.1) is 5.75 Å². The number of hydrogen-bond acceptors (Lipinski definition) is 5. The number of nitrogens with zero attached hydrogens (tertiary/aromatic N) is 2. The van der Waals surface area contributed by atoms with Crippen molar-refractivity contribution in [2.45, 2.75) is 17.6 Å². The zero-order valence-corrected chi connectivity index (χ0v) is 9.42. The molecule has 0 amide bonds. The van der Waals surface area contributed by atoms with Crippen molar-refractivity contribution in [3.8, 4) is 0 Å². The first-order valence-corrected chi connectivity index (χ1v) is 5.61. The van der Waals surface area contributed by atoms with E-state index in [1.54, 1.807) is 19.1 Å². The first-order chi connectivity index (χ1) is 7.65. The lowest BCUT2D eigenvalue weighted by atomic mass is 10.3. The van der Waals surface area contributed by atoms with Crippen molar-refractivity contribution in [1.29, 1.82) is 0 Å². The van der Waals surface area contributed by atoms with E-state index in [1.165, 1.54) is 17.8 Å². The highest BCUT2D eigenvalue weighted by atomic mass is 32.2. The fourth-order valence-corrected chi connectivity index (χ4v) is 1.94. The van der Waals surface area contributed by atoms with Crippen LogP contribution in [0.5, 0.6) is 0 Å². The van der Waals surface area contributed by atoms with Crippen molar-refractivity contribution in [1.82, 2.24) is 10.1 Å². The molecule has 2 aromatic rings. The van der Waals surface area contributed by atoms with Crippen LogP contribution in [0.15, 0.2) is 27.6 Å². The lowest BCUT2D eigenvalue weighted by Gasteiger charge is -2.01. The van der Waals surface area contributed by atoms with E-state index in [-0.39, 0.29) is 5.82 Å². The zero-order valence-electron chi connectivity index (χ0n) is 8.61. The van der Waals surface area contributed by atoms with Crippen molar-refractivity contribution < 1.29 is 8.91 Å². The molecule has 0 bridgehead atoms. The molecule has 0 saturated carbocycles. The van der Waals surface area contributed by atoms with Crippen LogP contribution in [0.3, 0.4) is 0 Å². The highest BCUT2D eigenvalue weighted by molar-refractivity contribution is 7.98. The van der Waals surface area contributed by atoms with Gasteiger partial charge in [0.25, 0.3) is 0 Å². The monoisotopic (exact) mass is 239 g/mol. The molecule has 1 aromatic heterocycles. The highest BCUT2D eigenvalue weighted by Crippen LogP contribution is 2.25. The van der Waals surface area contributed by atoms with Crippen LogP contribution in [0.1, 0.15) is 11.7 Å². The Morgan fingerprint density at radius 1 is 1.50 bits per heavy atom. The van der Waals surface area contributed by atoms with Gasteiger partial charge < -0.3 is 10.3 Å². The third kappa shape index (κ3) is 2.52. The molecular formula is C10H10FN3OS. The van der Waals surface area contributed by atoms with Crippen LogP contribution < -0.4 is 5.73 Å². The Morgan fingerprint density at radius 3 is 2.94 bits per heavy atom. The molecule has 0 radical (unpaired) electrons. The molecule has 84 valence electrons. The average molecular weight is 239 g/mol. The summed E-state index contributed by atoms with van der Waals surface area (Å²) in [5, 5.41) is 3.72. The summed E-state index contributed by atoms with van der Waals surface area (Å²) in [6, 6.07) is 4.60. The van der Waals surface area contributed by atoms with Gasteiger partial charge in [0.2, 0.25) is 5.89 Å². The molecule has 0 unspecified atom stereocenters. The molecule has 16 heavy (non-hydrogen) atoms. The topological polar surface area (TPSA) is 64.9 Å². The van der Waals surface area contributed by atoms with Gasteiger partial charge in [-0.2, -0.15) is 4.98 Å². The van der Waals surface area contributed by atoms with Crippen LogP contribution in [0.25, 0.3) is 0 Å². The molecule has 1 heterocycles. The third-order valence-corrected chi connectivity index (χ3v) is 2.93. The third-order valence-electron chi connectivity index (χ3n) is 1.88. The van der Waals surface area contributed by atoms with Gasteiger partial charge in [0, 0.05) is 17.5 Å². The minimum absolute atomic E-state index is 0.329. The Bertz CT molecular complexity index is 501. The number of halogens is 1. The second-order valence-electron chi connectivity index (χ2n) is 3.21. The summed E-state index contributed by atoms with van der Waals surface area (Å²) >= 11 is 1.31. The van der Waals surface area contributed by atoms with E-state index in [0.717, 1.165) is 0 Å². The summed E-state index contributed by atoms with van der Waals surface area (Å²) in [4.78, 5) is 4.55. The molecule has 1 aromatic carbocycles. The second-order valence-corrected chi connectivity index (χ2v) is 4.23. The van der Waals surface area contributed by atoms with Crippen LogP contribution in [0.2, 0.25) is 0 Å². The summed E-state index contributed by atoms with van der Waals surface area (Å²) in [7, 11) is 0. The molecule has 0 aliphatic heterocycles. The van der Waals surface area contributed by atoms with Crippen LogP contribution in [-0.2, 0) is 5.75 Å². The van der Waals surface area contributed by atoms with Gasteiger partial charge in [-0.05, 0) is 18.2 Å². The second kappa shape index (κ2) is 4.52. The van der Waals surface area contributed by atoms with Crippen molar-refractivity contribution in [2.24, 2.45) is 0 Å². The fraction of sp³-hybridized carbons (Fsp3) is 0.200. The molecule has 0 saturated heterocycles. The maximum atomic E-state index is 13.4. The number of thioether (sulfide) groups is 1. The number of benzene rings is 1. The highest BCUT2D eigenvalue weighted by Gasteiger charge is 2.07. The average Bonchev–Trinajstić information content (AvgIpc) is 2.63. The summed E-state index contributed by atoms with van der Waals surface area (Å²) in [5.41, 5.74) is 5.86. The minimum Gasteiger partial charge on any atom is -0.399 e. The maximum Gasteiger partial charge on any atom is 0.223 e. The van der Waals surface area contributed by atoms with Gasteiger partial charge >= 0.3 is 0 Å². The van der Waals surface area contributed by atoms with Gasteiger partial charge in [-0.15, -0.1) is 11.8 Å². The first-order valence-electron chi connectivity index (χ1n) is 4.62. The van der Waals surface area contributed by atoms with E-state index in [1.807, 2.05) is 0 Å². The molecule has 0 aliphatic carbocycles. The SMILES string of the molecule is Cc1nc(CSc2ccc(N)cc2F)no1. The number of nitrogens with two attached hydrogens (primary N) is 1. The predicted molar refractivity (Wildman–Crippen MR) is 59.4 cm³/mol. The van der Waals surface area contributed by atoms with Gasteiger partial charge in [-0.1, -0.05) is 5.16 Å². The Morgan fingerprint density at radius 2 is 2.31 bits per heavy atom. The van der Waals surface area contributed by atoms with Crippen LogP contribution in [0.4, 0.5) is 10.1 Å². The van der Waals surface area contributed by atoms with E-state index >= 15 is 0 Å². The predicted octanol–water partition coefficient (Wildman–Crippen LogP) is 2.39. The Labute approximate surface area is 96.0 Å². The summed E-state index contributed by atoms with van der Waals surface area (Å²) in [6.45, 7) is 1.71. The van der Waals surface area contributed by atoms with Crippen molar-refractivity contribution in [2.75, 3.05) is 5.73 Å². The van der Waals surface area contributed by atoms with Gasteiger partial charge in [0.15, 0.2) is 5.82 Å². The molecule has 4 nitrogen and oxygen atoms in total. The minimum atomic E-state index is -0.329. The van der Waals surface area contributed by atoms with Crippen LogP contribution >= 0.6 is 11.8 Å². The fourth-order valence-electron chi connectivity index (χ4n) is 1.18. The van der Waals surface area contributed by atoms with E-state index in [2.05, 4.69) is 10.1 Å². The molecule has 0 fully saturated rings. The lowest BCUT2D eigenvalue weighted by molar-refractivity contribution is 0.389. The quantitative estimate of drug-likeness (QED) is 0.658. The van der Waals surface area contributed by atoms with E-state index in [9.17, 15) is 4.39 Å². The number of rotatable bonds is 3. The van der Waals surface area contributed by atoms with E-state index in [0.29, 0.717) is 28.1 Å². The molecular weight excluding hydrogens is 229 g/mol. The molecule has 2 N–H and O–H groups in total. The van der Waals surface area contributed by atoms with Gasteiger partial charge in [-0.3, -0.25) is 0 Å². The van der Waals surface area contributed by atoms with Crippen molar-refractivity contribution in [3.05, 3.63) is 35.7 Å². The maximum absolute atomic E-state index is 13.4. The molecule has 0 atom stereocenters. The lowest BCUT2D eigenvalue weighted by Crippen LogP contribution is -1.89. The molecule has 6 heteroatoms. The van der Waals surface area contributed by atoms with E-state index in [4.69, 9.17) is 10.3 Å². The number of nitrogen functional groups attached to an aromatic ring is 1. The van der Waals surface area contributed by atoms with Crippen molar-refractivity contribution >= 4 is 17.4 Å². The number of anilines is 1. The molecule has 2 rings (SSSR count). The Hall–Kier alpha value is -1.56. The van der Waals surface area contributed by atoms with Crippen LogP contribution in [-0.4, -0.2) is 10.1 Å². The standard InChI is InChI=1S/C10H10FN3OS/c1-6-13-10(14-15-6)5-16-9-3-2-7(12)4-8(9)11/h2-4H,5,12H2,1H3. The Kier molecular flexibility index (Phi) is 3.09. The number of aromatic nitrogens is 2. The molecule has 0 aliphatic rings. The summed E-state index contributed by atoms with van der Waals surface area (Å²) in [6.07, 6.45) is 0. The van der Waals surface area contributed by atoms with Crippen molar-refractivity contribution in [3.63, 3.8) is 0 Å². The Balaban J connectivity index is 2.04. The smallest absolute Gasteiger partial charge is 0.223 e.